The summed E-state index contributed by atoms with van der Waals surface area (Å²) in [4.78, 5) is 30.3. The number of alkyl halides is 2. The number of rotatable bonds is 10. The van der Waals surface area contributed by atoms with Gasteiger partial charge in [-0.15, -0.1) is 0 Å². The van der Waals surface area contributed by atoms with Crippen molar-refractivity contribution in [3.05, 3.63) is 11.6 Å². The number of nitrogens with zero attached hydrogens (tertiary/aromatic N) is 3. The van der Waals surface area contributed by atoms with Crippen molar-refractivity contribution in [1.82, 2.24) is 14.7 Å². The Morgan fingerprint density at radius 3 is 2.62 bits per heavy atom. The maximum atomic E-state index is 13.0. The molecule has 0 unspecified atom stereocenters. The maximum Gasteiger partial charge on any atom is 0.410 e. The number of carbonyl (C=O) groups is 2. The number of ether oxygens (including phenoxy) is 4. The molecule has 4 saturated heterocycles. The van der Waals surface area contributed by atoms with Crippen LogP contribution in [0.15, 0.2) is 11.6 Å². The second-order valence-corrected chi connectivity index (χ2v) is 12.4. The number of amides is 2. The lowest BCUT2D eigenvalue weighted by Gasteiger charge is -2.45. The van der Waals surface area contributed by atoms with E-state index in [0.29, 0.717) is 51.7 Å². The van der Waals surface area contributed by atoms with Crippen LogP contribution >= 0.6 is 0 Å². The fourth-order valence-corrected chi connectivity index (χ4v) is 6.86. The van der Waals surface area contributed by atoms with Crippen LogP contribution in [0.25, 0.3) is 0 Å². The molecule has 1 spiro atoms. The molecule has 1 saturated carbocycles. The van der Waals surface area contributed by atoms with Gasteiger partial charge in [0.2, 0.25) is 5.91 Å². The fourth-order valence-electron chi connectivity index (χ4n) is 6.86. The fraction of sp³-hybridized carbons (Fsp3) is 0.857. The summed E-state index contributed by atoms with van der Waals surface area (Å²) < 4.78 is 49.4. The van der Waals surface area contributed by atoms with Gasteiger partial charge in [-0.1, -0.05) is 11.6 Å². The molecule has 0 bridgehead atoms. The zero-order chi connectivity index (χ0) is 27.9. The molecule has 4 aliphatic heterocycles. The molecule has 39 heavy (non-hydrogen) atoms. The summed E-state index contributed by atoms with van der Waals surface area (Å²) in [5.41, 5.74) is 0.622. The van der Waals surface area contributed by atoms with Crippen molar-refractivity contribution >= 4 is 12.0 Å². The molecule has 9 nitrogen and oxygen atoms in total. The van der Waals surface area contributed by atoms with Gasteiger partial charge in [-0.3, -0.25) is 9.69 Å². The zero-order valence-corrected chi connectivity index (χ0v) is 23.6. The van der Waals surface area contributed by atoms with Gasteiger partial charge in [0.25, 0.3) is 6.43 Å². The lowest BCUT2D eigenvalue weighted by Crippen LogP contribution is -2.58. The van der Waals surface area contributed by atoms with Crippen molar-refractivity contribution in [3.63, 3.8) is 0 Å². The van der Waals surface area contributed by atoms with Crippen LogP contribution in [0, 0.1) is 11.8 Å². The molecule has 6 atom stereocenters. The van der Waals surface area contributed by atoms with Gasteiger partial charge in [-0.2, -0.15) is 0 Å². The molecule has 2 amide bonds. The van der Waals surface area contributed by atoms with Crippen LogP contribution < -0.4 is 0 Å². The van der Waals surface area contributed by atoms with E-state index in [0.717, 1.165) is 19.3 Å². The highest BCUT2D eigenvalue weighted by molar-refractivity contribution is 5.79. The predicted molar refractivity (Wildman–Crippen MR) is 139 cm³/mol. The van der Waals surface area contributed by atoms with Crippen molar-refractivity contribution in [3.8, 4) is 0 Å². The third-order valence-electron chi connectivity index (χ3n) is 9.31. The molecule has 220 valence electrons. The number of allylic oxidation sites excluding steroid dienone is 1. The third kappa shape index (κ3) is 6.11. The van der Waals surface area contributed by atoms with E-state index in [4.69, 9.17) is 18.9 Å². The van der Waals surface area contributed by atoms with E-state index in [1.807, 2.05) is 0 Å². The number of piperazine rings is 1. The minimum atomic E-state index is -2.43. The zero-order valence-electron chi connectivity index (χ0n) is 23.6. The monoisotopic (exact) mass is 555 g/mol. The van der Waals surface area contributed by atoms with Crippen LogP contribution in [0.2, 0.25) is 0 Å². The van der Waals surface area contributed by atoms with Gasteiger partial charge < -0.3 is 28.7 Å². The number of methoxy groups -OCH3 is 1. The normalized spacial score (nSPS) is 36.7. The number of halogens is 2. The Kier molecular flexibility index (Phi) is 8.25. The minimum Gasteiger partial charge on any atom is -0.443 e. The van der Waals surface area contributed by atoms with E-state index >= 15 is 0 Å². The summed E-state index contributed by atoms with van der Waals surface area (Å²) in [6.45, 7) is 9.36. The van der Waals surface area contributed by atoms with Gasteiger partial charge in [0, 0.05) is 39.8 Å². The van der Waals surface area contributed by atoms with E-state index in [9.17, 15) is 18.4 Å². The molecular formula is C28H43F2N3O6. The third-order valence-corrected chi connectivity index (χ3v) is 9.31. The Morgan fingerprint density at radius 1 is 1.26 bits per heavy atom. The largest absolute Gasteiger partial charge is 0.443 e. The van der Waals surface area contributed by atoms with Crippen molar-refractivity contribution < 1.29 is 37.3 Å². The topological polar surface area (TPSA) is 87.4 Å². The summed E-state index contributed by atoms with van der Waals surface area (Å²) in [7, 11) is 1.67. The first-order valence-electron chi connectivity index (χ1n) is 14.3. The van der Waals surface area contributed by atoms with Gasteiger partial charge >= 0.3 is 6.09 Å². The first kappa shape index (κ1) is 28.7. The Labute approximate surface area is 229 Å². The molecule has 0 aromatic rings. The molecule has 5 rings (SSSR count). The molecule has 5 aliphatic rings. The lowest BCUT2D eigenvalue weighted by atomic mass is 9.68. The molecule has 0 aromatic heterocycles. The second kappa shape index (κ2) is 11.2. The molecule has 11 heteroatoms. The highest BCUT2D eigenvalue weighted by atomic mass is 19.3. The number of hydrogen-bond donors (Lipinski definition) is 0. The Morgan fingerprint density at radius 2 is 2.00 bits per heavy atom. The van der Waals surface area contributed by atoms with Crippen molar-refractivity contribution in [2.45, 2.75) is 82.4 Å². The lowest BCUT2D eigenvalue weighted by molar-refractivity contribution is -0.137. The van der Waals surface area contributed by atoms with Crippen molar-refractivity contribution in [1.29, 1.82) is 0 Å². The SMILES string of the molecule is CO[C@@H]1[C@H](OC(=O)N2CC(CCN3CCN(CC(F)F)CC3=O)C2)CC[C@]2(CO2)[C@H]1[C@@]1(C)O[C@@H]1CC=C(C)C. The average Bonchev–Trinajstić information content (AvgIpc) is 3.75. The molecule has 0 aromatic carbocycles. The Hall–Kier alpha value is -1.82. The van der Waals surface area contributed by atoms with Crippen LogP contribution in [-0.4, -0.2) is 122 Å². The highest BCUT2D eigenvalue weighted by Gasteiger charge is 2.72. The molecule has 0 radical (unpaired) electrons. The highest BCUT2D eigenvalue weighted by Crippen LogP contribution is 2.59. The van der Waals surface area contributed by atoms with Crippen molar-refractivity contribution in [2.24, 2.45) is 11.8 Å². The summed E-state index contributed by atoms with van der Waals surface area (Å²) in [5.74, 6) is 0.170. The van der Waals surface area contributed by atoms with Crippen LogP contribution in [0.3, 0.4) is 0 Å². The van der Waals surface area contributed by atoms with Crippen LogP contribution in [0.1, 0.15) is 46.5 Å². The molecular weight excluding hydrogens is 512 g/mol. The van der Waals surface area contributed by atoms with Crippen LogP contribution in [0.4, 0.5) is 13.6 Å². The summed E-state index contributed by atoms with van der Waals surface area (Å²) in [5, 5.41) is 0. The van der Waals surface area contributed by atoms with E-state index in [2.05, 4.69) is 26.8 Å². The Bertz CT molecular complexity index is 952. The van der Waals surface area contributed by atoms with Crippen molar-refractivity contribution in [2.75, 3.05) is 59.5 Å². The minimum absolute atomic E-state index is 0.0139. The first-order valence-corrected chi connectivity index (χ1v) is 14.3. The average molecular weight is 556 g/mol. The van der Waals surface area contributed by atoms with Gasteiger partial charge in [-0.25, -0.2) is 13.6 Å². The van der Waals surface area contributed by atoms with Gasteiger partial charge in [0.1, 0.15) is 23.4 Å². The number of carbonyl (C=O) groups excluding carboxylic acids is 2. The second-order valence-electron chi connectivity index (χ2n) is 12.4. The maximum absolute atomic E-state index is 13.0. The quantitative estimate of drug-likeness (QED) is 0.303. The standard InChI is InChI=1S/C28H43F2N3O6/c1-18(2)5-6-21-27(3,39-21)25-24(36-4)20(7-9-28(25)17-37-28)38-26(35)33-13-19(14-33)8-10-32-12-11-31(15-22(29)30)16-23(32)34/h5,19-22,24-25H,6-17H2,1-4H3/t20-,21-,24-,25-,27+,28+/m1/s1. The van der Waals surface area contributed by atoms with Crippen LogP contribution in [0.5, 0.6) is 0 Å². The van der Waals surface area contributed by atoms with E-state index < -0.39 is 6.43 Å². The molecule has 1 aliphatic carbocycles. The number of likely N-dealkylation sites (tertiary alicyclic amines) is 1. The van der Waals surface area contributed by atoms with E-state index in [1.165, 1.54) is 10.5 Å². The summed E-state index contributed by atoms with van der Waals surface area (Å²) >= 11 is 0. The van der Waals surface area contributed by atoms with Crippen LogP contribution in [-0.2, 0) is 23.7 Å². The van der Waals surface area contributed by atoms with Gasteiger partial charge in [0.15, 0.2) is 0 Å². The van der Waals surface area contributed by atoms with E-state index in [1.54, 1.807) is 16.9 Å². The van der Waals surface area contributed by atoms with Gasteiger partial charge in [-0.05, 0) is 52.4 Å². The smallest absolute Gasteiger partial charge is 0.410 e. The van der Waals surface area contributed by atoms with Gasteiger partial charge in [0.05, 0.1) is 31.7 Å². The summed E-state index contributed by atoms with van der Waals surface area (Å²) in [6.07, 6.45) is 1.98. The Balaban J connectivity index is 1.09. The molecule has 0 N–H and O–H groups in total. The molecule has 5 fully saturated rings. The van der Waals surface area contributed by atoms with E-state index in [-0.39, 0.29) is 60.5 Å². The number of epoxide rings is 2. The predicted octanol–water partition coefficient (Wildman–Crippen LogP) is 2.93. The molecule has 4 heterocycles. The number of hydrogen-bond acceptors (Lipinski definition) is 7. The first-order chi connectivity index (χ1) is 18.5. The summed E-state index contributed by atoms with van der Waals surface area (Å²) in [6, 6.07) is 0.